The Bertz CT molecular complexity index is 1890. The van der Waals surface area contributed by atoms with Gasteiger partial charge >= 0.3 is 0 Å². The van der Waals surface area contributed by atoms with E-state index in [-0.39, 0.29) is 34.4 Å². The zero-order chi connectivity index (χ0) is 35.2. The largest absolute Gasteiger partial charge is 0.507 e. The van der Waals surface area contributed by atoms with Crippen molar-refractivity contribution in [1.82, 2.24) is 4.98 Å². The summed E-state index contributed by atoms with van der Waals surface area (Å²) in [6.07, 6.45) is -3.31. The number of pyridine rings is 1. The number of phenolic OH excluding ortho intramolecular Hbond substituents is 2. The zero-order valence-electron chi connectivity index (χ0n) is 26.7. The highest BCUT2D eigenvalue weighted by Gasteiger charge is 2.50. The summed E-state index contributed by atoms with van der Waals surface area (Å²) in [7, 11) is 1.32. The number of ether oxygens (including phenoxy) is 3. The molecule has 1 aliphatic heterocycles. The lowest BCUT2D eigenvalue weighted by Crippen LogP contribution is -2.53. The van der Waals surface area contributed by atoms with Gasteiger partial charge in [0.15, 0.2) is 17.9 Å². The Hall–Kier alpha value is -4.76. The second-order valence-electron chi connectivity index (χ2n) is 12.4. The number of ketones is 3. The van der Waals surface area contributed by atoms with Gasteiger partial charge in [0.2, 0.25) is 5.78 Å². The van der Waals surface area contributed by atoms with Crippen LogP contribution in [0.4, 0.5) is 0 Å². The number of rotatable bonds is 5. The number of benzene rings is 3. The first-order valence-electron chi connectivity index (χ1n) is 15.7. The normalized spacial score (nSPS) is 25.8. The third-order valence-corrected chi connectivity index (χ3v) is 9.32. The molecule has 1 fully saturated rings. The number of phenols is 2. The molecule has 3 aliphatic rings. The van der Waals surface area contributed by atoms with Gasteiger partial charge in [0.05, 0.1) is 47.6 Å². The van der Waals surface area contributed by atoms with Crippen molar-refractivity contribution >= 4 is 28.3 Å². The molecule has 0 radical (unpaired) electrons. The van der Waals surface area contributed by atoms with Crippen molar-refractivity contribution in [3.63, 3.8) is 0 Å². The molecule has 256 valence electrons. The lowest BCUT2D eigenvalue weighted by Gasteiger charge is -2.42. The fourth-order valence-electron chi connectivity index (χ4n) is 6.77. The second-order valence-corrected chi connectivity index (χ2v) is 12.4. The molecular formula is C36H36N2O11. The van der Waals surface area contributed by atoms with Crippen LogP contribution in [-0.2, 0) is 20.7 Å². The SMILES string of the molecule is COc1cccc2c1C(=O)c1c(O)c3c(c(O)c1C2=O)C[C@@](O)(C(=O)CO)C[C@@H]3OC1CC(N)C(O)C(C)O1.c1ccc2ncccc2c1. The summed E-state index contributed by atoms with van der Waals surface area (Å²) in [5, 5.41) is 54.9. The van der Waals surface area contributed by atoms with Gasteiger partial charge in [-0.05, 0) is 25.1 Å². The van der Waals surface area contributed by atoms with Gasteiger partial charge < -0.3 is 45.5 Å². The lowest BCUT2D eigenvalue weighted by atomic mass is 9.72. The molecule has 0 bridgehead atoms. The van der Waals surface area contributed by atoms with Gasteiger partial charge in [0.25, 0.3) is 0 Å². The van der Waals surface area contributed by atoms with Crippen LogP contribution in [0.5, 0.6) is 17.2 Å². The zero-order valence-corrected chi connectivity index (χ0v) is 26.7. The highest BCUT2D eigenvalue weighted by Crippen LogP contribution is 2.52. The summed E-state index contributed by atoms with van der Waals surface area (Å²) in [5.41, 5.74) is 3.43. The topological polar surface area (TPSA) is 219 Å². The van der Waals surface area contributed by atoms with Gasteiger partial charge in [-0.3, -0.25) is 19.4 Å². The Morgan fingerprint density at radius 1 is 1.02 bits per heavy atom. The molecule has 2 aliphatic carbocycles. The first kappa shape index (κ1) is 34.1. The number of hydrogen-bond acceptors (Lipinski definition) is 13. The molecule has 13 heteroatoms. The molecule has 6 atom stereocenters. The van der Waals surface area contributed by atoms with Crippen LogP contribution in [0, 0.1) is 0 Å². The Morgan fingerprint density at radius 2 is 1.73 bits per heavy atom. The van der Waals surface area contributed by atoms with Gasteiger partial charge in [-0.2, -0.15) is 0 Å². The van der Waals surface area contributed by atoms with Crippen LogP contribution in [0.1, 0.15) is 68.8 Å². The number of Topliss-reactive ketones (excluding diaryl/α,β-unsaturated/α-hetero) is 1. The second kappa shape index (κ2) is 13.3. The van der Waals surface area contributed by atoms with E-state index in [1.807, 2.05) is 30.5 Å². The van der Waals surface area contributed by atoms with Crippen molar-refractivity contribution in [3.05, 3.63) is 94.2 Å². The number of nitrogens with zero attached hydrogens (tertiary/aromatic N) is 1. The molecule has 2 heterocycles. The molecule has 0 amide bonds. The number of carbonyl (C=O) groups excluding carboxylic acids is 3. The third-order valence-electron chi connectivity index (χ3n) is 9.32. The molecular weight excluding hydrogens is 636 g/mol. The summed E-state index contributed by atoms with van der Waals surface area (Å²) >= 11 is 0. The van der Waals surface area contributed by atoms with Crippen molar-refractivity contribution in [3.8, 4) is 17.2 Å². The average molecular weight is 673 g/mol. The Morgan fingerprint density at radius 3 is 2.43 bits per heavy atom. The van der Waals surface area contributed by atoms with Crippen LogP contribution in [0.15, 0.2) is 60.8 Å². The fourth-order valence-corrected chi connectivity index (χ4v) is 6.77. The molecule has 0 saturated carbocycles. The number of para-hydroxylation sites is 1. The van der Waals surface area contributed by atoms with Gasteiger partial charge in [0, 0.05) is 53.6 Å². The van der Waals surface area contributed by atoms with Crippen LogP contribution in [0.25, 0.3) is 10.9 Å². The molecule has 1 aromatic heterocycles. The number of fused-ring (bicyclic) bond motifs is 4. The number of hydrogen-bond donors (Lipinski definition) is 6. The van der Waals surface area contributed by atoms with Crippen molar-refractivity contribution in [2.24, 2.45) is 5.73 Å². The molecule has 4 aromatic rings. The van der Waals surface area contributed by atoms with E-state index < -0.39 is 95.7 Å². The molecule has 13 nitrogen and oxygen atoms in total. The first-order chi connectivity index (χ1) is 23.4. The van der Waals surface area contributed by atoms with E-state index in [1.54, 1.807) is 6.92 Å². The summed E-state index contributed by atoms with van der Waals surface area (Å²) in [5.74, 6) is -3.77. The highest BCUT2D eigenvalue weighted by atomic mass is 16.7. The minimum absolute atomic E-state index is 0.0173. The first-order valence-corrected chi connectivity index (χ1v) is 15.7. The number of aliphatic hydroxyl groups excluding tert-OH is 2. The summed E-state index contributed by atoms with van der Waals surface area (Å²) in [6.45, 7) is 0.560. The molecule has 7 rings (SSSR count). The van der Waals surface area contributed by atoms with Crippen LogP contribution in [-0.4, -0.2) is 91.7 Å². The van der Waals surface area contributed by atoms with Gasteiger partial charge in [-0.15, -0.1) is 0 Å². The van der Waals surface area contributed by atoms with E-state index in [4.69, 9.17) is 19.9 Å². The number of aliphatic hydroxyl groups is 3. The Labute approximate surface area is 280 Å². The van der Waals surface area contributed by atoms with Crippen molar-refractivity contribution in [1.29, 1.82) is 0 Å². The van der Waals surface area contributed by atoms with Crippen LogP contribution in [0.3, 0.4) is 0 Å². The van der Waals surface area contributed by atoms with E-state index in [0.717, 1.165) is 5.52 Å². The Kier molecular flexibility index (Phi) is 9.24. The maximum atomic E-state index is 13.6. The molecule has 7 N–H and O–H groups in total. The van der Waals surface area contributed by atoms with Crippen LogP contribution >= 0.6 is 0 Å². The number of methoxy groups -OCH3 is 1. The van der Waals surface area contributed by atoms with Crippen molar-refractivity contribution in [2.75, 3.05) is 13.7 Å². The average Bonchev–Trinajstić information content (AvgIpc) is 3.10. The summed E-state index contributed by atoms with van der Waals surface area (Å²) in [6, 6.07) is 15.7. The smallest absolute Gasteiger partial charge is 0.202 e. The molecule has 1 saturated heterocycles. The molecule has 3 aromatic carbocycles. The van der Waals surface area contributed by atoms with Gasteiger partial charge in [-0.1, -0.05) is 36.4 Å². The van der Waals surface area contributed by atoms with Crippen molar-refractivity contribution < 1.29 is 54.1 Å². The van der Waals surface area contributed by atoms with Crippen LogP contribution < -0.4 is 10.5 Å². The number of carbonyl (C=O) groups is 3. The fraction of sp³-hybridized carbons (Fsp3) is 0.333. The molecule has 4 unspecified atom stereocenters. The van der Waals surface area contributed by atoms with E-state index in [2.05, 4.69) is 17.1 Å². The van der Waals surface area contributed by atoms with E-state index in [0.29, 0.717) is 0 Å². The number of nitrogens with two attached hydrogens (primary N) is 1. The molecule has 49 heavy (non-hydrogen) atoms. The van der Waals surface area contributed by atoms with Crippen LogP contribution in [0.2, 0.25) is 0 Å². The monoisotopic (exact) mass is 672 g/mol. The van der Waals surface area contributed by atoms with E-state index >= 15 is 0 Å². The van der Waals surface area contributed by atoms with Crippen molar-refractivity contribution in [2.45, 2.75) is 62.4 Å². The predicted octanol–water partition coefficient (Wildman–Crippen LogP) is 2.24. The maximum Gasteiger partial charge on any atom is 0.202 e. The predicted molar refractivity (Wildman–Crippen MR) is 173 cm³/mol. The highest BCUT2D eigenvalue weighted by molar-refractivity contribution is 6.31. The minimum Gasteiger partial charge on any atom is -0.507 e. The lowest BCUT2D eigenvalue weighted by molar-refractivity contribution is -0.247. The molecule has 0 spiro atoms. The quantitative estimate of drug-likeness (QED) is 0.148. The summed E-state index contributed by atoms with van der Waals surface area (Å²) in [4.78, 5) is 43.9. The van der Waals surface area contributed by atoms with Gasteiger partial charge in [-0.25, -0.2) is 0 Å². The van der Waals surface area contributed by atoms with E-state index in [9.17, 15) is 39.9 Å². The summed E-state index contributed by atoms with van der Waals surface area (Å²) < 4.78 is 17.0. The van der Waals surface area contributed by atoms with E-state index in [1.165, 1.54) is 30.7 Å². The number of aromatic hydroxyl groups is 2. The maximum absolute atomic E-state index is 13.6. The minimum atomic E-state index is -2.24. The standard InChI is InChI=1S/C27H29NO11.C9H7N/c1-10-22(31)13(28)6-17(38-10)39-15-8-27(36,16(30)9-29)7-12-19(15)26(35)21-20(24(12)33)23(32)11-4-3-5-14(37-2)18(11)25(21)34;1-2-6-9-8(4-1)5-3-7-10-9/h3-5,10,13,15,17,22,29,31,33,35-36H,6-9,28H2,1-2H3;1-7H/t10?,13?,15-,17?,22?,27-;/m0./s1. The number of aromatic nitrogens is 1. The van der Waals surface area contributed by atoms with Gasteiger partial charge in [0.1, 0.15) is 29.5 Å². The Balaban J connectivity index is 0.000000353. The third kappa shape index (κ3) is 5.94.